The van der Waals surface area contributed by atoms with Gasteiger partial charge in [-0.1, -0.05) is 39.5 Å². The van der Waals surface area contributed by atoms with Crippen LogP contribution in [0.1, 0.15) is 65.7 Å². The number of nitrogens with zero attached hydrogens (tertiary/aromatic N) is 1. The van der Waals surface area contributed by atoms with Gasteiger partial charge in [0.05, 0.1) is 0 Å². The highest BCUT2D eigenvalue weighted by Crippen LogP contribution is 2.40. The van der Waals surface area contributed by atoms with Crippen molar-refractivity contribution in [1.29, 1.82) is 0 Å². The first-order valence-corrected chi connectivity index (χ1v) is 9.22. The Morgan fingerprint density at radius 2 is 1.82 bits per heavy atom. The van der Waals surface area contributed by atoms with Crippen LogP contribution in [-0.4, -0.2) is 39.3 Å². The molecule has 22 heavy (non-hydrogen) atoms. The highest BCUT2D eigenvalue weighted by molar-refractivity contribution is 5.79. The monoisotopic (exact) mass is 311 g/mol. The van der Waals surface area contributed by atoms with Gasteiger partial charge < -0.3 is 15.4 Å². The van der Waals surface area contributed by atoms with Crippen molar-refractivity contribution >= 4 is 5.96 Å². The molecule has 0 spiro atoms. The second kappa shape index (κ2) is 10.9. The van der Waals surface area contributed by atoms with E-state index in [2.05, 4.69) is 36.4 Å². The zero-order valence-corrected chi connectivity index (χ0v) is 15.2. The molecular weight excluding hydrogens is 274 g/mol. The van der Waals surface area contributed by atoms with Gasteiger partial charge >= 0.3 is 0 Å². The van der Waals surface area contributed by atoms with Crippen LogP contribution in [0.2, 0.25) is 0 Å². The molecular formula is C18H37N3O. The maximum absolute atomic E-state index is 5.59. The van der Waals surface area contributed by atoms with Crippen LogP contribution >= 0.6 is 0 Å². The van der Waals surface area contributed by atoms with E-state index in [1.54, 1.807) is 0 Å². The molecule has 1 saturated carbocycles. The van der Waals surface area contributed by atoms with Gasteiger partial charge in [-0.2, -0.15) is 0 Å². The average molecular weight is 312 g/mol. The Kier molecular flexibility index (Phi) is 9.53. The highest BCUT2D eigenvalue weighted by atomic mass is 16.5. The van der Waals surface area contributed by atoms with Crippen LogP contribution in [0.4, 0.5) is 0 Å². The lowest BCUT2D eigenvalue weighted by atomic mass is 9.83. The Labute approximate surface area is 137 Å². The molecule has 4 heteroatoms. The van der Waals surface area contributed by atoms with Gasteiger partial charge in [-0.15, -0.1) is 0 Å². The van der Waals surface area contributed by atoms with Crippen molar-refractivity contribution in [3.05, 3.63) is 0 Å². The van der Waals surface area contributed by atoms with Crippen LogP contribution in [0.15, 0.2) is 4.99 Å². The van der Waals surface area contributed by atoms with Gasteiger partial charge in [0.15, 0.2) is 5.96 Å². The molecule has 0 unspecified atom stereocenters. The third-order valence-corrected chi connectivity index (χ3v) is 5.21. The molecule has 0 aromatic rings. The number of hydrogen-bond donors (Lipinski definition) is 2. The fourth-order valence-electron chi connectivity index (χ4n) is 3.38. The molecule has 0 aliphatic heterocycles. The highest BCUT2D eigenvalue weighted by Gasteiger charge is 2.33. The summed E-state index contributed by atoms with van der Waals surface area (Å²) in [6.45, 7) is 10.3. The van der Waals surface area contributed by atoms with Gasteiger partial charge in [-0.25, -0.2) is 0 Å². The summed E-state index contributed by atoms with van der Waals surface area (Å²) in [7, 11) is 1.86. The molecule has 0 bridgehead atoms. The summed E-state index contributed by atoms with van der Waals surface area (Å²) in [5.74, 6) is 1.69. The lowest BCUT2D eigenvalue weighted by Gasteiger charge is -2.30. The summed E-state index contributed by atoms with van der Waals surface area (Å²) in [5, 5.41) is 7.05. The van der Waals surface area contributed by atoms with E-state index in [0.717, 1.165) is 44.6 Å². The van der Waals surface area contributed by atoms with Crippen LogP contribution in [-0.2, 0) is 4.74 Å². The summed E-state index contributed by atoms with van der Waals surface area (Å²) < 4.78 is 5.59. The first-order chi connectivity index (χ1) is 10.7. The second-order valence-corrected chi connectivity index (χ2v) is 6.64. The van der Waals surface area contributed by atoms with E-state index < -0.39 is 0 Å². The fourth-order valence-corrected chi connectivity index (χ4v) is 3.38. The van der Waals surface area contributed by atoms with Crippen LogP contribution in [0.25, 0.3) is 0 Å². The fraction of sp³-hybridized carbons (Fsp3) is 0.944. The summed E-state index contributed by atoms with van der Waals surface area (Å²) in [6.07, 6.45) is 8.95. The SMILES string of the molecule is CCOCCC1(CNC(=NC)NCC(CC)CC)CCCC1. The van der Waals surface area contributed by atoms with E-state index in [1.165, 1.54) is 38.5 Å². The van der Waals surface area contributed by atoms with Crippen LogP contribution in [0.3, 0.4) is 0 Å². The zero-order chi connectivity index (χ0) is 16.3. The first-order valence-electron chi connectivity index (χ1n) is 9.22. The Balaban J connectivity index is 2.41. The molecule has 4 nitrogen and oxygen atoms in total. The lowest BCUT2D eigenvalue weighted by Crippen LogP contribution is -2.44. The molecule has 2 N–H and O–H groups in total. The quantitative estimate of drug-likeness (QED) is 0.368. The van der Waals surface area contributed by atoms with E-state index in [0.29, 0.717) is 5.41 Å². The Bertz CT molecular complexity index is 307. The minimum Gasteiger partial charge on any atom is -0.382 e. The lowest BCUT2D eigenvalue weighted by molar-refractivity contribution is 0.105. The van der Waals surface area contributed by atoms with Crippen molar-refractivity contribution in [2.75, 3.05) is 33.4 Å². The van der Waals surface area contributed by atoms with Crippen molar-refractivity contribution in [3.8, 4) is 0 Å². The molecule has 1 fully saturated rings. The van der Waals surface area contributed by atoms with Crippen molar-refractivity contribution in [1.82, 2.24) is 10.6 Å². The van der Waals surface area contributed by atoms with E-state index in [-0.39, 0.29) is 0 Å². The van der Waals surface area contributed by atoms with Gasteiger partial charge in [0, 0.05) is 33.4 Å². The van der Waals surface area contributed by atoms with Gasteiger partial charge in [-0.05, 0) is 37.5 Å². The third kappa shape index (κ3) is 6.55. The number of rotatable bonds is 10. The zero-order valence-electron chi connectivity index (χ0n) is 15.2. The maximum Gasteiger partial charge on any atom is 0.191 e. The van der Waals surface area contributed by atoms with E-state index in [1.807, 2.05) is 7.05 Å². The predicted molar refractivity (Wildman–Crippen MR) is 95.4 cm³/mol. The predicted octanol–water partition coefficient (Wildman–Crippen LogP) is 3.57. The summed E-state index contributed by atoms with van der Waals surface area (Å²) in [6, 6.07) is 0. The molecule has 1 aliphatic carbocycles. The summed E-state index contributed by atoms with van der Waals surface area (Å²) >= 11 is 0. The number of guanidine groups is 1. The smallest absolute Gasteiger partial charge is 0.191 e. The van der Waals surface area contributed by atoms with Gasteiger partial charge in [0.2, 0.25) is 0 Å². The van der Waals surface area contributed by atoms with E-state index in [9.17, 15) is 0 Å². The third-order valence-electron chi connectivity index (χ3n) is 5.21. The minimum atomic E-state index is 0.404. The van der Waals surface area contributed by atoms with Gasteiger partial charge in [0.25, 0.3) is 0 Å². The van der Waals surface area contributed by atoms with Gasteiger partial charge in [0.1, 0.15) is 0 Å². The standard InChI is InChI=1S/C18H37N3O/c1-5-16(6-2)14-20-17(19-4)21-15-18(10-8-9-11-18)12-13-22-7-3/h16H,5-15H2,1-4H3,(H2,19,20,21). The molecule has 0 saturated heterocycles. The molecule has 1 rings (SSSR count). The molecule has 0 heterocycles. The van der Waals surface area contributed by atoms with Crippen molar-refractivity contribution in [2.24, 2.45) is 16.3 Å². The summed E-state index contributed by atoms with van der Waals surface area (Å²) in [4.78, 5) is 4.38. The molecule has 0 radical (unpaired) electrons. The Hall–Kier alpha value is -0.770. The average Bonchev–Trinajstić information content (AvgIpc) is 3.00. The maximum atomic E-state index is 5.59. The minimum absolute atomic E-state index is 0.404. The van der Waals surface area contributed by atoms with Gasteiger partial charge in [-0.3, -0.25) is 4.99 Å². The van der Waals surface area contributed by atoms with Crippen LogP contribution in [0.5, 0.6) is 0 Å². The van der Waals surface area contributed by atoms with Crippen LogP contribution in [0, 0.1) is 11.3 Å². The molecule has 0 atom stereocenters. The Morgan fingerprint density at radius 3 is 2.36 bits per heavy atom. The van der Waals surface area contributed by atoms with Crippen molar-refractivity contribution in [3.63, 3.8) is 0 Å². The Morgan fingerprint density at radius 1 is 1.14 bits per heavy atom. The largest absolute Gasteiger partial charge is 0.382 e. The number of ether oxygens (including phenoxy) is 1. The van der Waals surface area contributed by atoms with Crippen molar-refractivity contribution < 1.29 is 4.74 Å². The normalized spacial score (nSPS) is 18.0. The molecule has 130 valence electrons. The molecule has 0 aromatic heterocycles. The number of aliphatic imine (C=N–C) groups is 1. The second-order valence-electron chi connectivity index (χ2n) is 6.64. The molecule has 0 aromatic carbocycles. The van der Waals surface area contributed by atoms with Crippen molar-refractivity contribution in [2.45, 2.75) is 65.7 Å². The number of hydrogen-bond acceptors (Lipinski definition) is 2. The topological polar surface area (TPSA) is 45.6 Å². The molecule has 1 aliphatic rings. The van der Waals surface area contributed by atoms with Crippen LogP contribution < -0.4 is 10.6 Å². The molecule has 0 amide bonds. The van der Waals surface area contributed by atoms with E-state index in [4.69, 9.17) is 4.74 Å². The number of nitrogens with one attached hydrogen (secondary N) is 2. The summed E-state index contributed by atoms with van der Waals surface area (Å²) in [5.41, 5.74) is 0.404. The first kappa shape index (κ1) is 19.3. The van der Waals surface area contributed by atoms with E-state index >= 15 is 0 Å².